The fraction of sp³-hybridized carbons (Fsp3) is 0.250. The molecule has 0 radical (unpaired) electrons. The maximum Gasteiger partial charge on any atom is 0.173 e. The molecule has 1 fully saturated rings. The second-order valence-electron chi connectivity index (χ2n) is 7.25. The average Bonchev–Trinajstić information content (AvgIpc) is 3.27. The second kappa shape index (κ2) is 8.65. The number of rotatable bonds is 6. The monoisotopic (exact) mass is 425 g/mol. The largest absolute Gasteiger partial charge is 0.495 e. The Labute approximate surface area is 177 Å². The highest BCUT2D eigenvalue weighted by Crippen LogP contribution is 2.48. The molecule has 0 amide bonds. The van der Waals surface area contributed by atoms with Crippen LogP contribution in [0.2, 0.25) is 0 Å². The molecule has 1 aliphatic rings. The molecule has 29 heavy (non-hydrogen) atoms. The topological polar surface area (TPSA) is 29.5 Å². The molecule has 5 heteroatoms. The Kier molecular flexibility index (Phi) is 5.99. The normalized spacial score (nSPS) is 16.8. The van der Waals surface area contributed by atoms with Gasteiger partial charge in [-0.25, -0.2) is 0 Å². The minimum Gasteiger partial charge on any atom is -0.495 e. The first-order chi connectivity index (χ1) is 14.2. The van der Waals surface area contributed by atoms with Crippen LogP contribution in [-0.4, -0.2) is 25.6 Å². The smallest absolute Gasteiger partial charge is 0.173 e. The maximum atomic E-state index is 14.9. The van der Waals surface area contributed by atoms with Crippen LogP contribution in [0.4, 0.5) is 5.69 Å². The van der Waals surface area contributed by atoms with E-state index in [1.807, 2.05) is 78.9 Å². The molecule has 0 bridgehead atoms. The first-order valence-electron chi connectivity index (χ1n) is 9.91. The van der Waals surface area contributed by atoms with E-state index in [2.05, 4.69) is 4.90 Å². The zero-order valence-electron chi connectivity index (χ0n) is 16.5. The molecule has 0 spiro atoms. The lowest BCUT2D eigenvalue weighted by atomic mass is 10.2. The van der Waals surface area contributed by atoms with E-state index >= 15 is 0 Å². The third-order valence-corrected chi connectivity index (χ3v) is 9.07. The summed E-state index contributed by atoms with van der Waals surface area (Å²) in [4.78, 5) is 2.29. The van der Waals surface area contributed by atoms with E-state index in [1.54, 1.807) is 7.11 Å². The molecule has 0 aliphatic carbocycles. The van der Waals surface area contributed by atoms with Gasteiger partial charge in [0.2, 0.25) is 0 Å². The van der Waals surface area contributed by atoms with Crippen LogP contribution < -0.4 is 25.6 Å². The Morgan fingerprint density at radius 3 is 2.14 bits per heavy atom. The average molecular weight is 426 g/mol. The zero-order chi connectivity index (χ0) is 20.3. The van der Waals surface area contributed by atoms with Crippen molar-refractivity contribution in [3.8, 4) is 5.75 Å². The molecule has 0 N–H and O–H groups in total. The number of hydrogen-bond acceptors (Lipinski definition) is 3. The molecule has 1 atom stereocenters. The number of benzene rings is 3. The van der Waals surface area contributed by atoms with Crippen LogP contribution >= 0.6 is 18.7 Å². The first kappa shape index (κ1) is 20.1. The molecule has 4 rings (SSSR count). The Morgan fingerprint density at radius 1 is 0.966 bits per heavy atom. The van der Waals surface area contributed by atoms with E-state index in [0.717, 1.165) is 46.7 Å². The van der Waals surface area contributed by atoms with Crippen molar-refractivity contribution in [1.29, 1.82) is 0 Å². The van der Waals surface area contributed by atoms with Gasteiger partial charge in [0.1, 0.15) is 5.75 Å². The number of ether oxygens (including phenoxy) is 1. The zero-order valence-corrected chi connectivity index (χ0v) is 18.2. The van der Waals surface area contributed by atoms with Crippen LogP contribution in [0.25, 0.3) is 0 Å². The molecule has 0 aromatic heterocycles. The Morgan fingerprint density at radius 2 is 1.59 bits per heavy atom. The summed E-state index contributed by atoms with van der Waals surface area (Å²) in [7, 11) is -1.44. The summed E-state index contributed by atoms with van der Waals surface area (Å²) in [6.07, 6.45) is 2.10. The summed E-state index contributed by atoms with van der Waals surface area (Å²) in [6, 6.07) is 25.6. The van der Waals surface area contributed by atoms with E-state index in [4.69, 9.17) is 16.3 Å². The highest BCUT2D eigenvalue weighted by Gasteiger charge is 2.37. The van der Waals surface area contributed by atoms with Crippen LogP contribution in [0.3, 0.4) is 0 Å². The lowest BCUT2D eigenvalue weighted by molar-refractivity contribution is 0.414. The summed E-state index contributed by atoms with van der Waals surface area (Å²) in [5.41, 5.74) is 0.911. The summed E-state index contributed by atoms with van der Waals surface area (Å²) in [5, 5.41) is 2.45. The number of hydrogen-bond donors (Lipinski definition) is 0. The molecule has 3 aromatic carbocycles. The number of anilines is 1. The summed E-state index contributed by atoms with van der Waals surface area (Å²) < 4.78 is 20.7. The second-order valence-corrected chi connectivity index (χ2v) is 10.3. The van der Waals surface area contributed by atoms with Crippen LogP contribution in [0.15, 0.2) is 78.9 Å². The Hall–Kier alpha value is -2.22. The summed E-state index contributed by atoms with van der Waals surface area (Å²) >= 11 is 6.30. The Bertz CT molecular complexity index is 966. The fourth-order valence-electron chi connectivity index (χ4n) is 4.21. The summed E-state index contributed by atoms with van der Waals surface area (Å²) in [6.45, 7) is 0.883. The maximum absolute atomic E-state index is 14.9. The predicted octanol–water partition coefficient (Wildman–Crippen LogP) is 4.54. The number of para-hydroxylation sites is 1. The SMILES string of the molecule is COc1cccc(P(=O)(c2ccccc2)c2ccccc2)c1N1CCC[C@H]1CCl. The number of methoxy groups -OCH3 is 1. The van der Waals surface area contributed by atoms with Gasteiger partial charge in [-0.15, -0.1) is 11.6 Å². The van der Waals surface area contributed by atoms with Crippen LogP contribution in [0, 0.1) is 0 Å². The molecule has 0 saturated carbocycles. The van der Waals surface area contributed by atoms with Gasteiger partial charge in [0.25, 0.3) is 0 Å². The van der Waals surface area contributed by atoms with Gasteiger partial charge in [-0.1, -0.05) is 66.7 Å². The molecule has 1 heterocycles. The van der Waals surface area contributed by atoms with Gasteiger partial charge in [-0.2, -0.15) is 0 Å². The molecule has 3 aromatic rings. The summed E-state index contributed by atoms with van der Waals surface area (Å²) in [5.74, 6) is 1.28. The fourth-order valence-corrected chi connectivity index (χ4v) is 7.40. The van der Waals surface area contributed by atoms with Gasteiger partial charge in [-0.3, -0.25) is 0 Å². The highest BCUT2D eigenvalue weighted by molar-refractivity contribution is 7.85. The van der Waals surface area contributed by atoms with Gasteiger partial charge in [0.05, 0.1) is 12.8 Å². The molecule has 0 unspecified atom stereocenters. The van der Waals surface area contributed by atoms with Gasteiger partial charge in [0, 0.05) is 34.4 Å². The van der Waals surface area contributed by atoms with Crippen LogP contribution in [-0.2, 0) is 4.57 Å². The molecule has 1 saturated heterocycles. The first-order valence-corrected chi connectivity index (χ1v) is 12.2. The molecule has 1 aliphatic heterocycles. The molecule has 3 nitrogen and oxygen atoms in total. The number of alkyl halides is 1. The third-order valence-electron chi connectivity index (χ3n) is 5.62. The van der Waals surface area contributed by atoms with E-state index in [-0.39, 0.29) is 6.04 Å². The van der Waals surface area contributed by atoms with Crippen LogP contribution in [0.5, 0.6) is 5.75 Å². The Balaban J connectivity index is 2.01. The van der Waals surface area contributed by atoms with Gasteiger partial charge in [-0.05, 0) is 25.0 Å². The van der Waals surface area contributed by atoms with Crippen molar-refractivity contribution < 1.29 is 9.30 Å². The lowest BCUT2D eigenvalue weighted by Crippen LogP contribution is -2.36. The predicted molar refractivity (Wildman–Crippen MR) is 123 cm³/mol. The van der Waals surface area contributed by atoms with Crippen molar-refractivity contribution in [2.75, 3.05) is 24.4 Å². The standard InChI is InChI=1S/C24H25ClNO2P/c1-28-22-15-8-16-23(24(22)26-17-9-10-19(26)18-25)29(27,20-11-4-2-5-12-20)21-13-6-3-7-14-21/h2-8,11-16,19H,9-10,17-18H2,1H3/t19-/m0/s1. The van der Waals surface area contributed by atoms with Crippen molar-refractivity contribution >= 4 is 40.3 Å². The van der Waals surface area contributed by atoms with Crippen molar-refractivity contribution in [2.45, 2.75) is 18.9 Å². The molecular formula is C24H25ClNO2P. The van der Waals surface area contributed by atoms with Crippen molar-refractivity contribution in [3.05, 3.63) is 78.9 Å². The van der Waals surface area contributed by atoms with E-state index in [1.165, 1.54) is 0 Å². The van der Waals surface area contributed by atoms with Crippen LogP contribution in [0.1, 0.15) is 12.8 Å². The van der Waals surface area contributed by atoms with Crippen molar-refractivity contribution in [2.24, 2.45) is 0 Å². The number of nitrogens with zero attached hydrogens (tertiary/aromatic N) is 1. The van der Waals surface area contributed by atoms with Crippen molar-refractivity contribution in [3.63, 3.8) is 0 Å². The molecular weight excluding hydrogens is 401 g/mol. The third kappa shape index (κ3) is 3.58. The van der Waals surface area contributed by atoms with E-state index in [0.29, 0.717) is 5.88 Å². The molecule has 150 valence electrons. The van der Waals surface area contributed by atoms with Gasteiger partial charge >= 0.3 is 0 Å². The van der Waals surface area contributed by atoms with Gasteiger partial charge < -0.3 is 14.2 Å². The quantitative estimate of drug-likeness (QED) is 0.429. The van der Waals surface area contributed by atoms with E-state index in [9.17, 15) is 4.57 Å². The van der Waals surface area contributed by atoms with Crippen molar-refractivity contribution in [1.82, 2.24) is 0 Å². The van der Waals surface area contributed by atoms with Gasteiger partial charge in [0.15, 0.2) is 7.14 Å². The minimum absolute atomic E-state index is 0.215. The van der Waals surface area contributed by atoms with E-state index < -0.39 is 7.14 Å². The lowest BCUT2D eigenvalue weighted by Gasteiger charge is -2.32. The number of halogens is 1. The highest BCUT2D eigenvalue weighted by atomic mass is 35.5. The minimum atomic E-state index is -3.11.